The molecule has 0 radical (unpaired) electrons. The standard InChI is InChI=1S/C60H82N6OS4/c1-7-11-15-19-23-27-31-43(32-28-24-20-16-12-8-2)46-37-50(68-42(46)6)52-56-58(65-70-63-56)53(59-57(52)64-71-66-59)51-38-47(44(33-29-25-21-17-13-9-3)34-30-26-22-18-14-10-4)60(69-51)45-36-49-55(62-40-45)54-48(67-49)35-41(5)39-61-54/h35-40,43-44H,7-34H2,1-6H3. The van der Waals surface area contributed by atoms with Gasteiger partial charge in [-0.3, -0.25) is 4.98 Å². The van der Waals surface area contributed by atoms with Crippen molar-refractivity contribution in [1.29, 1.82) is 0 Å². The van der Waals surface area contributed by atoms with Crippen molar-refractivity contribution in [2.24, 2.45) is 8.73 Å². The summed E-state index contributed by atoms with van der Waals surface area (Å²) in [6, 6.07) is 9.33. The summed E-state index contributed by atoms with van der Waals surface area (Å²) >= 11 is 6.45. The molecule has 6 aromatic heterocycles. The second kappa shape index (κ2) is 27.6. The zero-order valence-corrected chi connectivity index (χ0v) is 47.4. The maximum Gasteiger partial charge on any atom is 0.156 e. The van der Waals surface area contributed by atoms with E-state index < -0.39 is 0 Å². The van der Waals surface area contributed by atoms with Crippen molar-refractivity contribution in [3.63, 3.8) is 0 Å². The number of hydrogen-bond acceptors (Lipinski definition) is 10. The van der Waals surface area contributed by atoms with Crippen LogP contribution in [0.25, 0.3) is 64.6 Å². The first kappa shape index (κ1) is 53.6. The normalized spacial score (nSPS) is 12.6. The van der Waals surface area contributed by atoms with Crippen molar-refractivity contribution in [2.45, 2.75) is 233 Å². The predicted molar refractivity (Wildman–Crippen MR) is 311 cm³/mol. The molecule has 0 atom stereocenters. The molecule has 382 valence electrons. The molecule has 1 aromatic carbocycles. The van der Waals surface area contributed by atoms with Crippen molar-refractivity contribution >= 4 is 90.4 Å². The third kappa shape index (κ3) is 13.6. The molecule has 0 unspecified atom stereocenters. The van der Waals surface area contributed by atoms with Gasteiger partial charge in [0.2, 0.25) is 0 Å². The maximum atomic E-state index is 6.51. The van der Waals surface area contributed by atoms with Gasteiger partial charge in [0, 0.05) is 48.6 Å². The van der Waals surface area contributed by atoms with Crippen LogP contribution in [0.3, 0.4) is 0 Å². The number of rotatable bonds is 33. The van der Waals surface area contributed by atoms with Gasteiger partial charge in [-0.05, 0) is 92.3 Å². The SMILES string of the molecule is CCCCCCCCC(CCCCCCCC)c1cc(-c2c3c(c(-c4cc(C(CCCCCCCC)CCCCCCCC)c(-c5cnc6c(c5)oc5cc(C)cnc56)s4)c4nsnc24)N=S=N3)sc1C. The number of pyridine rings is 2. The second-order valence-electron chi connectivity index (χ2n) is 20.8. The van der Waals surface area contributed by atoms with Gasteiger partial charge in [0.05, 0.1) is 23.1 Å². The van der Waals surface area contributed by atoms with Crippen LogP contribution in [0.4, 0.5) is 11.4 Å². The van der Waals surface area contributed by atoms with Crippen LogP contribution in [0, 0.1) is 13.8 Å². The molecular weight excluding hydrogens is 949 g/mol. The quantitative estimate of drug-likeness (QED) is 0.0383. The van der Waals surface area contributed by atoms with Crippen LogP contribution in [0.2, 0.25) is 0 Å². The van der Waals surface area contributed by atoms with E-state index >= 15 is 0 Å². The molecule has 0 spiro atoms. The third-order valence-electron chi connectivity index (χ3n) is 15.2. The summed E-state index contributed by atoms with van der Waals surface area (Å²) in [5.41, 5.74) is 14.4. The molecule has 0 fully saturated rings. The van der Waals surface area contributed by atoms with E-state index in [0.29, 0.717) is 11.8 Å². The van der Waals surface area contributed by atoms with Crippen molar-refractivity contribution in [2.75, 3.05) is 0 Å². The molecule has 0 amide bonds. The van der Waals surface area contributed by atoms with E-state index in [0.717, 1.165) is 66.9 Å². The number of unbranched alkanes of at least 4 members (excludes halogenated alkanes) is 20. The highest BCUT2D eigenvalue weighted by molar-refractivity contribution is 7.58. The topological polar surface area (TPSA) is 89.4 Å². The number of thiophene rings is 2. The molecule has 11 heteroatoms. The van der Waals surface area contributed by atoms with E-state index in [-0.39, 0.29) is 0 Å². The Bertz CT molecular complexity index is 2810. The molecule has 0 saturated heterocycles. The number of aryl methyl sites for hydroxylation is 2. The Balaban J connectivity index is 1.18. The van der Waals surface area contributed by atoms with Crippen LogP contribution in [0.1, 0.15) is 241 Å². The van der Waals surface area contributed by atoms with E-state index in [2.05, 4.69) is 72.0 Å². The lowest BCUT2D eigenvalue weighted by Crippen LogP contribution is -2.00. The fraction of sp³-hybridized carbons (Fsp3) is 0.600. The molecule has 1 aliphatic rings. The Morgan fingerprint density at radius 2 is 0.901 bits per heavy atom. The van der Waals surface area contributed by atoms with Gasteiger partial charge in [0.1, 0.15) is 33.4 Å². The predicted octanol–water partition coefficient (Wildman–Crippen LogP) is 22.0. The van der Waals surface area contributed by atoms with E-state index in [1.165, 1.54) is 228 Å². The van der Waals surface area contributed by atoms with Crippen molar-refractivity contribution in [1.82, 2.24) is 18.7 Å². The van der Waals surface area contributed by atoms with E-state index in [4.69, 9.17) is 31.9 Å². The molecule has 7 nitrogen and oxygen atoms in total. The summed E-state index contributed by atoms with van der Waals surface area (Å²) in [6.07, 6.45) is 40.6. The minimum atomic E-state index is 0.434. The number of benzene rings is 1. The average molecular weight is 1030 g/mol. The Morgan fingerprint density at radius 3 is 1.42 bits per heavy atom. The van der Waals surface area contributed by atoms with E-state index in [9.17, 15) is 0 Å². The van der Waals surface area contributed by atoms with Crippen LogP contribution < -0.4 is 0 Å². The van der Waals surface area contributed by atoms with Crippen molar-refractivity contribution in [3.8, 4) is 31.3 Å². The van der Waals surface area contributed by atoms with Gasteiger partial charge in [-0.2, -0.15) is 17.5 Å². The number of furan rings is 1. The fourth-order valence-corrected chi connectivity index (χ4v) is 14.7. The van der Waals surface area contributed by atoms with Crippen LogP contribution in [0.15, 0.2) is 49.8 Å². The maximum absolute atomic E-state index is 6.51. The summed E-state index contributed by atoms with van der Waals surface area (Å²) < 4.78 is 27.1. The number of fused-ring (bicyclic) bond motifs is 5. The Kier molecular flexibility index (Phi) is 20.8. The van der Waals surface area contributed by atoms with Gasteiger partial charge in [0.15, 0.2) is 11.2 Å². The monoisotopic (exact) mass is 1030 g/mol. The minimum absolute atomic E-state index is 0.434. The molecule has 0 N–H and O–H groups in total. The lowest BCUT2D eigenvalue weighted by molar-refractivity contribution is 0.486. The summed E-state index contributed by atoms with van der Waals surface area (Å²) in [5.74, 6) is 1.02. The van der Waals surface area contributed by atoms with Crippen LogP contribution >= 0.6 is 34.4 Å². The Labute approximate surface area is 442 Å². The lowest BCUT2D eigenvalue weighted by atomic mass is 9.86. The smallest absolute Gasteiger partial charge is 0.156 e. The largest absolute Gasteiger partial charge is 0.453 e. The highest BCUT2D eigenvalue weighted by Gasteiger charge is 2.31. The second-order valence-corrected chi connectivity index (χ2v) is 24.2. The van der Waals surface area contributed by atoms with E-state index in [1.54, 1.807) is 5.56 Å². The molecule has 0 saturated carbocycles. The molecule has 8 rings (SSSR count). The van der Waals surface area contributed by atoms with Gasteiger partial charge < -0.3 is 4.42 Å². The molecule has 7 aromatic rings. The number of hydrogen-bond donors (Lipinski definition) is 0. The average Bonchev–Trinajstić information content (AvgIpc) is 4.24. The van der Waals surface area contributed by atoms with E-state index in [1.807, 2.05) is 28.9 Å². The molecule has 71 heavy (non-hydrogen) atoms. The summed E-state index contributed by atoms with van der Waals surface area (Å²) in [4.78, 5) is 15.0. The van der Waals surface area contributed by atoms with Crippen LogP contribution in [-0.2, 0) is 11.4 Å². The van der Waals surface area contributed by atoms with Crippen molar-refractivity contribution in [3.05, 3.63) is 58.2 Å². The molecule has 0 bridgehead atoms. The molecule has 1 aliphatic heterocycles. The highest BCUT2D eigenvalue weighted by atomic mass is 32.1. The van der Waals surface area contributed by atoms with Gasteiger partial charge in [-0.15, -0.1) is 22.7 Å². The summed E-state index contributed by atoms with van der Waals surface area (Å²) in [5, 5.41) is 0. The Morgan fingerprint density at radius 1 is 0.465 bits per heavy atom. The zero-order chi connectivity index (χ0) is 49.4. The molecule has 0 aliphatic carbocycles. The van der Waals surface area contributed by atoms with Crippen LogP contribution in [-0.4, -0.2) is 18.7 Å². The minimum Gasteiger partial charge on any atom is -0.453 e. The highest BCUT2D eigenvalue weighted by Crippen LogP contribution is 2.56. The van der Waals surface area contributed by atoms with Gasteiger partial charge in [-0.25, -0.2) is 4.98 Å². The lowest BCUT2D eigenvalue weighted by Gasteiger charge is -2.18. The molecule has 7 heterocycles. The first-order chi connectivity index (χ1) is 34.9. The van der Waals surface area contributed by atoms with Gasteiger partial charge in [0.25, 0.3) is 0 Å². The number of nitrogens with zero attached hydrogens (tertiary/aromatic N) is 6. The van der Waals surface area contributed by atoms with Crippen molar-refractivity contribution < 1.29 is 4.42 Å². The van der Waals surface area contributed by atoms with Crippen LogP contribution in [0.5, 0.6) is 0 Å². The number of aromatic nitrogens is 4. The zero-order valence-electron chi connectivity index (χ0n) is 44.1. The summed E-state index contributed by atoms with van der Waals surface area (Å²) in [6.45, 7) is 13.7. The Hall–Kier alpha value is -3.64. The first-order valence-electron chi connectivity index (χ1n) is 28.2. The first-order valence-corrected chi connectivity index (χ1v) is 31.3. The fourth-order valence-electron chi connectivity index (χ4n) is 11.1. The van der Waals surface area contributed by atoms with Gasteiger partial charge >= 0.3 is 0 Å². The molecular formula is C60H82N6OS4. The van der Waals surface area contributed by atoms with Gasteiger partial charge in [-0.1, -0.05) is 182 Å². The third-order valence-corrected chi connectivity index (χ3v) is 18.5. The summed E-state index contributed by atoms with van der Waals surface area (Å²) in [7, 11) is 0.